The highest BCUT2D eigenvalue weighted by molar-refractivity contribution is 7.47. The van der Waals surface area contributed by atoms with Crippen molar-refractivity contribution in [1.29, 1.82) is 0 Å². The molecule has 0 spiro atoms. The Balaban J connectivity index is 5.16. The van der Waals surface area contributed by atoms with Gasteiger partial charge >= 0.3 is 39.5 Å². The lowest BCUT2D eigenvalue weighted by molar-refractivity contribution is -0.161. The van der Waals surface area contributed by atoms with E-state index in [4.69, 9.17) is 37.0 Å². The first-order valence-corrected chi connectivity index (χ1v) is 39.8. The summed E-state index contributed by atoms with van der Waals surface area (Å²) >= 11 is 0. The second-order valence-electron chi connectivity index (χ2n) is 27.1. The van der Waals surface area contributed by atoms with Gasteiger partial charge in [-0.05, 0) is 49.4 Å². The molecule has 0 saturated carbocycles. The highest BCUT2D eigenvalue weighted by atomic mass is 31.2. The number of aliphatic hydroxyl groups is 1. The lowest BCUT2D eigenvalue weighted by Crippen LogP contribution is -2.30. The number of esters is 4. The van der Waals surface area contributed by atoms with Crippen LogP contribution in [0.2, 0.25) is 0 Å². The molecule has 17 nitrogen and oxygen atoms in total. The quantitative estimate of drug-likeness (QED) is 0.0222. The van der Waals surface area contributed by atoms with Crippen LogP contribution >= 0.6 is 15.6 Å². The molecule has 4 unspecified atom stereocenters. The van der Waals surface area contributed by atoms with Crippen LogP contribution in [0, 0.1) is 23.7 Å². The third kappa shape index (κ3) is 62.2. The Labute approximate surface area is 549 Å². The Morgan fingerprint density at radius 1 is 0.311 bits per heavy atom. The summed E-state index contributed by atoms with van der Waals surface area (Å²) < 4.78 is 68.2. The van der Waals surface area contributed by atoms with Crippen LogP contribution < -0.4 is 0 Å². The van der Waals surface area contributed by atoms with Gasteiger partial charge in [0.2, 0.25) is 0 Å². The van der Waals surface area contributed by atoms with Gasteiger partial charge in [0.15, 0.2) is 12.2 Å². The second kappa shape index (κ2) is 60.7. The monoisotopic (exact) mass is 1320 g/mol. The molecule has 0 bridgehead atoms. The van der Waals surface area contributed by atoms with Crippen LogP contribution in [-0.4, -0.2) is 96.7 Å². The van der Waals surface area contributed by atoms with Gasteiger partial charge in [-0.15, -0.1) is 0 Å². The molecular weight excluding hydrogens is 1190 g/mol. The molecule has 534 valence electrons. The molecule has 0 heterocycles. The van der Waals surface area contributed by atoms with E-state index < -0.39 is 97.5 Å². The van der Waals surface area contributed by atoms with Crippen molar-refractivity contribution >= 4 is 39.5 Å². The zero-order valence-corrected chi connectivity index (χ0v) is 60.6. The third-order valence-corrected chi connectivity index (χ3v) is 18.9. The molecular formula is C71H138O17P2. The average Bonchev–Trinajstić information content (AvgIpc) is 3.70. The molecule has 0 radical (unpaired) electrons. The Bertz CT molecular complexity index is 1790. The van der Waals surface area contributed by atoms with E-state index in [9.17, 15) is 43.2 Å². The van der Waals surface area contributed by atoms with Crippen LogP contribution in [0.3, 0.4) is 0 Å². The van der Waals surface area contributed by atoms with Crippen molar-refractivity contribution in [2.24, 2.45) is 23.7 Å². The van der Waals surface area contributed by atoms with Crippen LogP contribution in [-0.2, 0) is 65.4 Å². The third-order valence-electron chi connectivity index (χ3n) is 17.0. The molecule has 0 aliphatic rings. The van der Waals surface area contributed by atoms with E-state index in [1.165, 1.54) is 141 Å². The molecule has 0 aromatic heterocycles. The van der Waals surface area contributed by atoms with E-state index in [0.29, 0.717) is 31.6 Å². The number of phosphoric acid groups is 2. The topological polar surface area (TPSA) is 237 Å². The first kappa shape index (κ1) is 88.1. The molecule has 0 aliphatic carbocycles. The molecule has 0 fully saturated rings. The van der Waals surface area contributed by atoms with E-state index in [1.807, 2.05) is 0 Å². The number of carbonyl (C=O) groups excluding carboxylic acids is 4. The van der Waals surface area contributed by atoms with Crippen LogP contribution in [0.25, 0.3) is 0 Å². The largest absolute Gasteiger partial charge is 0.472 e. The molecule has 0 aliphatic heterocycles. The predicted molar refractivity (Wildman–Crippen MR) is 363 cm³/mol. The average molecular weight is 1330 g/mol. The van der Waals surface area contributed by atoms with E-state index >= 15 is 0 Å². The van der Waals surface area contributed by atoms with Crippen LogP contribution in [0.5, 0.6) is 0 Å². The van der Waals surface area contributed by atoms with Crippen molar-refractivity contribution in [1.82, 2.24) is 0 Å². The van der Waals surface area contributed by atoms with Gasteiger partial charge in [0.1, 0.15) is 19.3 Å². The Kier molecular flexibility index (Phi) is 59.4. The van der Waals surface area contributed by atoms with Crippen molar-refractivity contribution in [3.8, 4) is 0 Å². The smallest absolute Gasteiger partial charge is 0.462 e. The molecule has 19 heteroatoms. The van der Waals surface area contributed by atoms with Gasteiger partial charge in [0.25, 0.3) is 0 Å². The molecule has 0 saturated heterocycles. The van der Waals surface area contributed by atoms with Gasteiger partial charge < -0.3 is 33.8 Å². The number of rotatable bonds is 68. The summed E-state index contributed by atoms with van der Waals surface area (Å²) in [5, 5.41) is 10.6. The summed E-state index contributed by atoms with van der Waals surface area (Å²) in [6, 6.07) is 0. The fraction of sp³-hybridized carbons (Fsp3) is 0.944. The summed E-state index contributed by atoms with van der Waals surface area (Å²) in [4.78, 5) is 72.4. The zero-order valence-electron chi connectivity index (χ0n) is 58.8. The van der Waals surface area contributed by atoms with E-state index in [-0.39, 0.29) is 25.7 Å². The molecule has 90 heavy (non-hydrogen) atoms. The maximum atomic E-state index is 13.0. The van der Waals surface area contributed by atoms with Gasteiger partial charge in [-0.1, -0.05) is 299 Å². The minimum absolute atomic E-state index is 0.101. The fourth-order valence-corrected chi connectivity index (χ4v) is 12.2. The van der Waals surface area contributed by atoms with Crippen LogP contribution in [0.1, 0.15) is 351 Å². The summed E-state index contributed by atoms with van der Waals surface area (Å²) in [7, 11) is -9.90. The minimum atomic E-state index is -4.95. The molecule has 7 atom stereocenters. The first-order valence-electron chi connectivity index (χ1n) is 36.8. The second-order valence-corrected chi connectivity index (χ2v) is 30.0. The molecule has 0 rings (SSSR count). The fourth-order valence-electron chi connectivity index (χ4n) is 10.6. The van der Waals surface area contributed by atoms with Crippen molar-refractivity contribution < 1.29 is 80.2 Å². The maximum Gasteiger partial charge on any atom is 0.472 e. The SMILES string of the molecule is CCC(C)CCCCCCCCC(=O)OC[C@H](COP(=O)(O)OC[C@H](O)COP(=O)(O)OC[C@@H](COC(=O)CCCCCCCCC(C)C)OC(=O)CCCCCCCCC(C)CC)OC(=O)CCCCCCCCCCCCCCCCCCCCC(C)C. The zero-order chi connectivity index (χ0) is 66.8. The Hall–Kier alpha value is -1.94. The van der Waals surface area contributed by atoms with Gasteiger partial charge in [0.05, 0.1) is 26.4 Å². The van der Waals surface area contributed by atoms with Gasteiger partial charge in [-0.3, -0.25) is 37.3 Å². The maximum absolute atomic E-state index is 13.0. The normalized spacial score (nSPS) is 14.9. The molecule has 3 N–H and O–H groups in total. The minimum Gasteiger partial charge on any atom is -0.462 e. The number of unbranched alkanes of at least 4 members (excludes halogenated alkanes) is 32. The summed E-state index contributed by atoms with van der Waals surface area (Å²) in [6.07, 6.45) is 43.5. The van der Waals surface area contributed by atoms with E-state index in [1.54, 1.807) is 0 Å². The van der Waals surface area contributed by atoms with E-state index in [0.717, 1.165) is 120 Å². The molecule has 0 aromatic carbocycles. The molecule has 0 amide bonds. The van der Waals surface area contributed by atoms with Crippen molar-refractivity contribution in [3.63, 3.8) is 0 Å². The van der Waals surface area contributed by atoms with Crippen molar-refractivity contribution in [2.45, 2.75) is 369 Å². The van der Waals surface area contributed by atoms with Crippen molar-refractivity contribution in [2.75, 3.05) is 39.6 Å². The van der Waals surface area contributed by atoms with Gasteiger partial charge in [-0.25, -0.2) is 9.13 Å². The highest BCUT2D eigenvalue weighted by Gasteiger charge is 2.30. The lowest BCUT2D eigenvalue weighted by atomic mass is 10.00. The van der Waals surface area contributed by atoms with Gasteiger partial charge in [0, 0.05) is 25.7 Å². The summed E-state index contributed by atoms with van der Waals surface area (Å²) in [5.74, 6) is 0.816. The summed E-state index contributed by atoms with van der Waals surface area (Å²) in [5.41, 5.74) is 0. The van der Waals surface area contributed by atoms with Crippen LogP contribution in [0.4, 0.5) is 0 Å². The highest BCUT2D eigenvalue weighted by Crippen LogP contribution is 2.45. The number of ether oxygens (including phenoxy) is 4. The van der Waals surface area contributed by atoms with E-state index in [2.05, 4.69) is 55.4 Å². The summed E-state index contributed by atoms with van der Waals surface area (Å²) in [6.45, 7) is 14.0. The molecule has 0 aromatic rings. The Morgan fingerprint density at radius 2 is 0.533 bits per heavy atom. The standard InChI is InChI=1S/C71H138O17P2/c1-9-63(7)49-41-33-26-29-36-44-52-69(74)82-57-66(87-70(75)53-45-37-24-22-20-18-16-14-12-11-13-15-17-19-21-23-31-39-47-61(3)4)59-85-89(77,78)83-55-65(72)56-84-90(79,80)86-60-67(58-81-68(73)51-43-35-28-25-32-40-48-62(5)6)88-71(76)54-46-38-30-27-34-42-50-64(8)10-2/h61-67,72H,9-60H2,1-8H3,(H,77,78)(H,79,80)/t63?,64?,65-,66+,67+/m0/s1. The first-order chi connectivity index (χ1) is 43.2. The van der Waals surface area contributed by atoms with Crippen molar-refractivity contribution in [3.05, 3.63) is 0 Å². The number of aliphatic hydroxyl groups excluding tert-OH is 1. The number of hydrogen-bond acceptors (Lipinski definition) is 15. The van der Waals surface area contributed by atoms with Gasteiger partial charge in [-0.2, -0.15) is 0 Å². The van der Waals surface area contributed by atoms with Crippen LogP contribution in [0.15, 0.2) is 0 Å². The number of carbonyl (C=O) groups is 4. The Morgan fingerprint density at radius 3 is 0.789 bits per heavy atom. The lowest BCUT2D eigenvalue weighted by Gasteiger charge is -2.21. The predicted octanol–water partition coefficient (Wildman–Crippen LogP) is 20.1. The number of hydrogen-bond donors (Lipinski definition) is 3. The number of phosphoric ester groups is 2.